The fourth-order valence-corrected chi connectivity index (χ4v) is 1.80. The molecule has 0 aromatic heterocycles. The Labute approximate surface area is 99.0 Å². The van der Waals surface area contributed by atoms with Crippen molar-refractivity contribution in [1.29, 1.82) is 0 Å². The Morgan fingerprint density at radius 2 is 1.59 bits per heavy atom. The third-order valence-corrected chi connectivity index (χ3v) is 2.76. The molecule has 0 saturated carbocycles. The molecule has 0 unspecified atom stereocenters. The Balaban J connectivity index is 2.01. The van der Waals surface area contributed by atoms with Crippen LogP contribution in [0.3, 0.4) is 0 Å². The molecule has 1 aliphatic rings. The van der Waals surface area contributed by atoms with Crippen LogP contribution < -0.4 is 5.43 Å². The number of carbonyl (C=O) groups excluding carboxylic acids is 1. The van der Waals surface area contributed by atoms with Crippen molar-refractivity contribution < 1.29 is 14.7 Å². The van der Waals surface area contributed by atoms with E-state index < -0.39 is 5.97 Å². The second-order valence-electron chi connectivity index (χ2n) is 4.02. The van der Waals surface area contributed by atoms with Gasteiger partial charge in [0.25, 0.3) is 5.91 Å². The van der Waals surface area contributed by atoms with Crippen LogP contribution in [0.4, 0.5) is 0 Å². The molecule has 90 valence electrons. The summed E-state index contributed by atoms with van der Waals surface area (Å²) < 4.78 is 0. The molecular weight excluding hydrogens is 220 g/mol. The first kappa shape index (κ1) is 11.6. The van der Waals surface area contributed by atoms with Gasteiger partial charge in [-0.15, -0.1) is 0 Å². The van der Waals surface area contributed by atoms with Crippen molar-refractivity contribution in [2.75, 3.05) is 13.1 Å². The van der Waals surface area contributed by atoms with Crippen LogP contribution in [0.15, 0.2) is 24.3 Å². The molecule has 0 aliphatic carbocycles. The lowest BCUT2D eigenvalue weighted by atomic mass is 10.1. The van der Waals surface area contributed by atoms with Gasteiger partial charge in [-0.2, -0.15) is 0 Å². The zero-order valence-electron chi connectivity index (χ0n) is 9.35. The summed E-state index contributed by atoms with van der Waals surface area (Å²) in [5.41, 5.74) is 3.45. The largest absolute Gasteiger partial charge is 0.478 e. The number of carbonyl (C=O) groups is 2. The summed E-state index contributed by atoms with van der Waals surface area (Å²) >= 11 is 0. The second-order valence-corrected chi connectivity index (χ2v) is 4.02. The molecule has 1 heterocycles. The van der Waals surface area contributed by atoms with E-state index >= 15 is 0 Å². The summed E-state index contributed by atoms with van der Waals surface area (Å²) in [5.74, 6) is -1.18. The van der Waals surface area contributed by atoms with Crippen molar-refractivity contribution in [3.63, 3.8) is 0 Å². The van der Waals surface area contributed by atoms with Crippen LogP contribution in [0, 0.1) is 0 Å². The average molecular weight is 234 g/mol. The zero-order valence-corrected chi connectivity index (χ0v) is 9.35. The van der Waals surface area contributed by atoms with E-state index in [1.807, 2.05) is 5.01 Å². The predicted octanol–water partition coefficient (Wildman–Crippen LogP) is 1.13. The molecular formula is C12H14N2O3. The number of carboxylic acids is 1. The molecule has 1 aliphatic heterocycles. The van der Waals surface area contributed by atoms with E-state index in [1.54, 1.807) is 0 Å². The first-order valence-corrected chi connectivity index (χ1v) is 5.56. The SMILES string of the molecule is O=C(O)c1ccc(C(=O)NN2CCCC2)cc1. The van der Waals surface area contributed by atoms with Gasteiger partial charge in [-0.3, -0.25) is 10.2 Å². The molecule has 0 spiro atoms. The summed E-state index contributed by atoms with van der Waals surface area (Å²) in [6, 6.07) is 5.91. The first-order valence-electron chi connectivity index (χ1n) is 5.56. The van der Waals surface area contributed by atoms with Crippen LogP contribution in [0.1, 0.15) is 33.6 Å². The maximum Gasteiger partial charge on any atom is 0.335 e. The van der Waals surface area contributed by atoms with Crippen LogP contribution in [-0.4, -0.2) is 35.1 Å². The Morgan fingerprint density at radius 3 is 2.12 bits per heavy atom. The van der Waals surface area contributed by atoms with E-state index in [-0.39, 0.29) is 11.5 Å². The highest BCUT2D eigenvalue weighted by molar-refractivity contribution is 5.95. The highest BCUT2D eigenvalue weighted by atomic mass is 16.4. The predicted molar refractivity (Wildman–Crippen MR) is 61.7 cm³/mol. The summed E-state index contributed by atoms with van der Waals surface area (Å²) in [5, 5.41) is 10.6. The van der Waals surface area contributed by atoms with Crippen LogP contribution in [0.5, 0.6) is 0 Å². The molecule has 2 rings (SSSR count). The number of aromatic carboxylic acids is 1. The van der Waals surface area contributed by atoms with Crippen LogP contribution in [-0.2, 0) is 0 Å². The molecule has 1 aromatic carbocycles. The minimum Gasteiger partial charge on any atom is -0.478 e. The van der Waals surface area contributed by atoms with Crippen molar-refractivity contribution in [2.45, 2.75) is 12.8 Å². The monoisotopic (exact) mass is 234 g/mol. The standard InChI is InChI=1S/C12H14N2O3/c15-11(13-14-7-1-2-8-14)9-3-5-10(6-4-9)12(16)17/h3-6H,1-2,7-8H2,(H,13,15)(H,16,17). The molecule has 1 aromatic rings. The topological polar surface area (TPSA) is 69.6 Å². The Morgan fingerprint density at radius 1 is 1.06 bits per heavy atom. The molecule has 2 N–H and O–H groups in total. The number of nitrogens with zero attached hydrogens (tertiary/aromatic N) is 1. The highest BCUT2D eigenvalue weighted by Crippen LogP contribution is 2.07. The lowest BCUT2D eigenvalue weighted by Gasteiger charge is -2.16. The minimum absolute atomic E-state index is 0.183. The number of nitrogens with one attached hydrogen (secondary N) is 1. The summed E-state index contributed by atoms with van der Waals surface area (Å²) in [6.07, 6.45) is 2.19. The van der Waals surface area contributed by atoms with E-state index in [9.17, 15) is 9.59 Å². The fourth-order valence-electron chi connectivity index (χ4n) is 1.80. The van der Waals surface area contributed by atoms with Gasteiger partial charge < -0.3 is 5.11 Å². The highest BCUT2D eigenvalue weighted by Gasteiger charge is 2.15. The average Bonchev–Trinajstić information content (AvgIpc) is 2.82. The number of hydrogen-bond donors (Lipinski definition) is 2. The van der Waals surface area contributed by atoms with Gasteiger partial charge in [-0.05, 0) is 37.1 Å². The zero-order chi connectivity index (χ0) is 12.3. The van der Waals surface area contributed by atoms with E-state index in [2.05, 4.69) is 5.43 Å². The van der Waals surface area contributed by atoms with E-state index in [0.29, 0.717) is 5.56 Å². The van der Waals surface area contributed by atoms with E-state index in [4.69, 9.17) is 5.11 Å². The van der Waals surface area contributed by atoms with Gasteiger partial charge in [0.2, 0.25) is 0 Å². The Bertz CT molecular complexity index is 422. The summed E-state index contributed by atoms with van der Waals surface area (Å²) in [6.45, 7) is 1.75. The van der Waals surface area contributed by atoms with Crippen molar-refractivity contribution >= 4 is 11.9 Å². The molecule has 0 atom stereocenters. The molecule has 0 bridgehead atoms. The second kappa shape index (κ2) is 4.97. The van der Waals surface area contributed by atoms with Gasteiger partial charge in [0, 0.05) is 18.7 Å². The summed E-state index contributed by atoms with van der Waals surface area (Å²) in [4.78, 5) is 22.4. The molecule has 1 fully saturated rings. The lowest BCUT2D eigenvalue weighted by Crippen LogP contribution is -2.39. The minimum atomic E-state index is -0.989. The lowest BCUT2D eigenvalue weighted by molar-refractivity contribution is 0.0695. The van der Waals surface area contributed by atoms with Crippen LogP contribution in [0.2, 0.25) is 0 Å². The van der Waals surface area contributed by atoms with E-state index in [1.165, 1.54) is 24.3 Å². The van der Waals surface area contributed by atoms with Gasteiger partial charge in [0.15, 0.2) is 0 Å². The number of hydrazine groups is 1. The number of amides is 1. The molecule has 1 saturated heterocycles. The van der Waals surface area contributed by atoms with Gasteiger partial charge in [-0.25, -0.2) is 9.80 Å². The Hall–Kier alpha value is -1.88. The maximum atomic E-state index is 11.8. The first-order chi connectivity index (χ1) is 8.16. The normalized spacial score (nSPS) is 15.8. The van der Waals surface area contributed by atoms with E-state index in [0.717, 1.165) is 25.9 Å². The molecule has 17 heavy (non-hydrogen) atoms. The molecule has 1 amide bonds. The number of hydrogen-bond acceptors (Lipinski definition) is 3. The molecule has 5 heteroatoms. The van der Waals surface area contributed by atoms with Crippen molar-refractivity contribution in [3.05, 3.63) is 35.4 Å². The quantitative estimate of drug-likeness (QED) is 0.822. The number of benzene rings is 1. The maximum absolute atomic E-state index is 11.8. The van der Waals surface area contributed by atoms with Crippen molar-refractivity contribution in [3.8, 4) is 0 Å². The summed E-state index contributed by atoms with van der Waals surface area (Å²) in [7, 11) is 0. The smallest absolute Gasteiger partial charge is 0.335 e. The van der Waals surface area contributed by atoms with Crippen molar-refractivity contribution in [1.82, 2.24) is 10.4 Å². The van der Waals surface area contributed by atoms with Crippen LogP contribution in [0.25, 0.3) is 0 Å². The Kier molecular flexibility index (Phi) is 3.39. The van der Waals surface area contributed by atoms with Gasteiger partial charge in [0.05, 0.1) is 5.56 Å². The van der Waals surface area contributed by atoms with Crippen molar-refractivity contribution in [2.24, 2.45) is 0 Å². The van der Waals surface area contributed by atoms with Gasteiger partial charge in [-0.1, -0.05) is 0 Å². The third kappa shape index (κ3) is 2.82. The third-order valence-electron chi connectivity index (χ3n) is 2.76. The molecule has 0 radical (unpaired) electrons. The van der Waals surface area contributed by atoms with Gasteiger partial charge in [0.1, 0.15) is 0 Å². The fraction of sp³-hybridized carbons (Fsp3) is 0.333. The molecule has 5 nitrogen and oxygen atoms in total. The number of carboxylic acid groups (broad SMARTS) is 1. The van der Waals surface area contributed by atoms with Crippen LogP contribution >= 0.6 is 0 Å². The number of rotatable bonds is 3. The van der Waals surface area contributed by atoms with Gasteiger partial charge >= 0.3 is 5.97 Å².